The summed E-state index contributed by atoms with van der Waals surface area (Å²) in [5.74, 6) is 0.115. The van der Waals surface area contributed by atoms with E-state index < -0.39 is 5.91 Å². The van der Waals surface area contributed by atoms with Gasteiger partial charge in [-0.1, -0.05) is 31.2 Å². The van der Waals surface area contributed by atoms with Crippen molar-refractivity contribution < 1.29 is 9.59 Å². The maximum atomic E-state index is 12.2. The van der Waals surface area contributed by atoms with E-state index in [1.807, 2.05) is 0 Å². The molecule has 0 aromatic heterocycles. The molecule has 2 aromatic carbocycles. The lowest BCUT2D eigenvalue weighted by atomic mass is 9.99. The second kappa shape index (κ2) is 8.82. The Morgan fingerprint density at radius 2 is 1.67 bits per heavy atom. The number of amides is 2. The standard InChI is InChI=1S/C22H27N3O2/c1-16-3-2-12-25(14-16)15-18-6-4-17(5-7-18)13-24-22(27)20-10-8-19(9-11-20)21(23)26/h4-11,16H,2-3,12-15H2,1H3,(H2,23,26)(H,24,27). The lowest BCUT2D eigenvalue weighted by molar-refractivity contribution is 0.0948. The van der Waals surface area contributed by atoms with E-state index in [1.54, 1.807) is 24.3 Å². The molecule has 0 spiro atoms. The Kier molecular flexibility index (Phi) is 6.24. The van der Waals surface area contributed by atoms with Crippen molar-refractivity contribution in [3.05, 3.63) is 70.8 Å². The molecule has 2 aromatic rings. The molecule has 1 heterocycles. The molecule has 27 heavy (non-hydrogen) atoms. The van der Waals surface area contributed by atoms with E-state index in [4.69, 9.17) is 5.73 Å². The minimum Gasteiger partial charge on any atom is -0.366 e. The highest BCUT2D eigenvalue weighted by atomic mass is 16.2. The highest BCUT2D eigenvalue weighted by molar-refractivity contribution is 5.97. The van der Waals surface area contributed by atoms with Crippen LogP contribution in [0.2, 0.25) is 0 Å². The first-order valence-corrected chi connectivity index (χ1v) is 9.49. The fraction of sp³-hybridized carbons (Fsp3) is 0.364. The van der Waals surface area contributed by atoms with Gasteiger partial charge in [0, 0.05) is 30.8 Å². The number of carbonyl (C=O) groups is 2. The number of hydrogen-bond acceptors (Lipinski definition) is 3. The van der Waals surface area contributed by atoms with Crippen LogP contribution in [0.4, 0.5) is 0 Å². The van der Waals surface area contributed by atoms with E-state index in [-0.39, 0.29) is 5.91 Å². The number of hydrogen-bond donors (Lipinski definition) is 2. The molecule has 5 heteroatoms. The molecule has 1 atom stereocenters. The third-order valence-corrected chi connectivity index (χ3v) is 5.05. The lowest BCUT2D eigenvalue weighted by Crippen LogP contribution is -2.33. The van der Waals surface area contributed by atoms with Crippen molar-refractivity contribution in [2.45, 2.75) is 32.9 Å². The van der Waals surface area contributed by atoms with Crippen molar-refractivity contribution in [3.63, 3.8) is 0 Å². The third-order valence-electron chi connectivity index (χ3n) is 5.05. The Morgan fingerprint density at radius 1 is 1.04 bits per heavy atom. The highest BCUT2D eigenvalue weighted by Crippen LogP contribution is 2.18. The van der Waals surface area contributed by atoms with E-state index >= 15 is 0 Å². The van der Waals surface area contributed by atoms with Crippen LogP contribution < -0.4 is 11.1 Å². The zero-order chi connectivity index (χ0) is 19.2. The second-order valence-corrected chi connectivity index (χ2v) is 7.42. The topological polar surface area (TPSA) is 75.4 Å². The van der Waals surface area contributed by atoms with E-state index in [0.29, 0.717) is 17.7 Å². The first-order valence-electron chi connectivity index (χ1n) is 9.49. The molecule has 1 aliphatic heterocycles. The number of carbonyl (C=O) groups excluding carboxylic acids is 2. The van der Waals surface area contributed by atoms with Crippen LogP contribution in [0.1, 0.15) is 51.6 Å². The average Bonchev–Trinajstić information content (AvgIpc) is 2.67. The molecule has 1 saturated heterocycles. The summed E-state index contributed by atoms with van der Waals surface area (Å²) in [4.78, 5) is 25.8. The number of nitrogens with zero attached hydrogens (tertiary/aromatic N) is 1. The molecule has 1 aliphatic rings. The first-order chi connectivity index (χ1) is 13.0. The van der Waals surface area contributed by atoms with Crippen LogP contribution in [0.3, 0.4) is 0 Å². The Morgan fingerprint density at radius 3 is 2.30 bits per heavy atom. The molecular formula is C22H27N3O2. The largest absolute Gasteiger partial charge is 0.366 e. The zero-order valence-corrected chi connectivity index (χ0v) is 15.8. The van der Waals surface area contributed by atoms with Crippen molar-refractivity contribution in [2.24, 2.45) is 11.7 Å². The second-order valence-electron chi connectivity index (χ2n) is 7.42. The summed E-state index contributed by atoms with van der Waals surface area (Å²) in [6.07, 6.45) is 2.62. The Balaban J connectivity index is 1.50. The quantitative estimate of drug-likeness (QED) is 0.826. The predicted molar refractivity (Wildman–Crippen MR) is 106 cm³/mol. The molecule has 1 unspecified atom stereocenters. The summed E-state index contributed by atoms with van der Waals surface area (Å²) in [5.41, 5.74) is 8.48. The summed E-state index contributed by atoms with van der Waals surface area (Å²) in [6.45, 7) is 6.13. The van der Waals surface area contributed by atoms with Gasteiger partial charge in [-0.3, -0.25) is 14.5 Å². The van der Waals surface area contributed by atoms with Crippen LogP contribution >= 0.6 is 0 Å². The lowest BCUT2D eigenvalue weighted by Gasteiger charge is -2.30. The minimum atomic E-state index is -0.499. The Bertz CT molecular complexity index is 784. The van der Waals surface area contributed by atoms with Gasteiger partial charge in [0.1, 0.15) is 0 Å². The summed E-state index contributed by atoms with van der Waals surface area (Å²) in [6, 6.07) is 14.8. The van der Waals surface area contributed by atoms with Gasteiger partial charge < -0.3 is 11.1 Å². The van der Waals surface area contributed by atoms with Crippen molar-refractivity contribution in [1.82, 2.24) is 10.2 Å². The summed E-state index contributed by atoms with van der Waals surface area (Å²) < 4.78 is 0. The molecular weight excluding hydrogens is 338 g/mol. The molecule has 0 aliphatic carbocycles. The van der Waals surface area contributed by atoms with Crippen LogP contribution in [0.25, 0.3) is 0 Å². The van der Waals surface area contributed by atoms with Crippen LogP contribution in [-0.4, -0.2) is 29.8 Å². The van der Waals surface area contributed by atoms with Crippen LogP contribution in [0.5, 0.6) is 0 Å². The molecule has 2 amide bonds. The van der Waals surface area contributed by atoms with Gasteiger partial charge in [-0.15, -0.1) is 0 Å². The number of nitrogens with one attached hydrogen (secondary N) is 1. The SMILES string of the molecule is CC1CCCN(Cc2ccc(CNC(=O)c3ccc(C(N)=O)cc3)cc2)C1. The van der Waals surface area contributed by atoms with E-state index in [9.17, 15) is 9.59 Å². The molecule has 0 saturated carbocycles. The van der Waals surface area contributed by atoms with Crippen LogP contribution in [-0.2, 0) is 13.1 Å². The van der Waals surface area contributed by atoms with Gasteiger partial charge in [0.05, 0.1) is 0 Å². The summed E-state index contributed by atoms with van der Waals surface area (Å²) in [7, 11) is 0. The predicted octanol–water partition coefficient (Wildman–Crippen LogP) is 2.95. The molecule has 3 N–H and O–H groups in total. The molecule has 5 nitrogen and oxygen atoms in total. The molecule has 3 rings (SSSR count). The number of nitrogens with two attached hydrogens (primary N) is 1. The normalized spacial score (nSPS) is 17.4. The highest BCUT2D eigenvalue weighted by Gasteiger charge is 2.16. The van der Waals surface area contributed by atoms with Gasteiger partial charge in [-0.2, -0.15) is 0 Å². The number of rotatable bonds is 6. The first kappa shape index (κ1) is 19.1. The van der Waals surface area contributed by atoms with Gasteiger partial charge in [0.25, 0.3) is 5.91 Å². The van der Waals surface area contributed by atoms with Crippen molar-refractivity contribution in [2.75, 3.05) is 13.1 Å². The van der Waals surface area contributed by atoms with Crippen molar-refractivity contribution in [1.29, 1.82) is 0 Å². The minimum absolute atomic E-state index is 0.169. The smallest absolute Gasteiger partial charge is 0.251 e. The van der Waals surface area contributed by atoms with Gasteiger partial charge in [0.2, 0.25) is 5.91 Å². The van der Waals surface area contributed by atoms with E-state index in [0.717, 1.165) is 18.0 Å². The Labute approximate surface area is 160 Å². The Hall–Kier alpha value is -2.66. The molecule has 1 fully saturated rings. The fourth-order valence-corrected chi connectivity index (χ4v) is 3.52. The van der Waals surface area contributed by atoms with E-state index in [1.165, 1.54) is 31.5 Å². The molecule has 0 radical (unpaired) electrons. The number of benzene rings is 2. The van der Waals surface area contributed by atoms with Gasteiger partial charge in [-0.05, 0) is 60.7 Å². The van der Waals surface area contributed by atoms with Crippen molar-refractivity contribution >= 4 is 11.8 Å². The number of likely N-dealkylation sites (tertiary alicyclic amines) is 1. The van der Waals surface area contributed by atoms with E-state index in [2.05, 4.69) is 41.4 Å². The maximum absolute atomic E-state index is 12.2. The fourth-order valence-electron chi connectivity index (χ4n) is 3.52. The van der Waals surface area contributed by atoms with Gasteiger partial charge in [0.15, 0.2) is 0 Å². The molecule has 0 bridgehead atoms. The third kappa shape index (κ3) is 5.41. The van der Waals surface area contributed by atoms with Gasteiger partial charge >= 0.3 is 0 Å². The average molecular weight is 365 g/mol. The zero-order valence-electron chi connectivity index (χ0n) is 15.8. The number of piperidine rings is 1. The van der Waals surface area contributed by atoms with Gasteiger partial charge in [-0.25, -0.2) is 0 Å². The van der Waals surface area contributed by atoms with Crippen LogP contribution in [0, 0.1) is 5.92 Å². The van der Waals surface area contributed by atoms with Crippen LogP contribution in [0.15, 0.2) is 48.5 Å². The maximum Gasteiger partial charge on any atom is 0.251 e. The summed E-state index contributed by atoms with van der Waals surface area (Å²) in [5, 5.41) is 2.91. The molecule has 142 valence electrons. The number of primary amides is 1. The van der Waals surface area contributed by atoms with Crippen molar-refractivity contribution in [3.8, 4) is 0 Å². The summed E-state index contributed by atoms with van der Waals surface area (Å²) >= 11 is 0. The monoisotopic (exact) mass is 365 g/mol.